The van der Waals surface area contributed by atoms with Crippen molar-refractivity contribution in [2.75, 3.05) is 0 Å². The summed E-state index contributed by atoms with van der Waals surface area (Å²) in [7, 11) is 0. The monoisotopic (exact) mass is 257 g/mol. The van der Waals surface area contributed by atoms with Crippen LogP contribution >= 0.6 is 0 Å². The first-order valence-electron chi connectivity index (χ1n) is 5.67. The molecular formula is C13H16NNaO3. The molecule has 0 aliphatic rings. The molecule has 0 heterocycles. The fraction of sp³-hybridized carbons (Fsp3) is 0.385. The van der Waals surface area contributed by atoms with Crippen LogP contribution in [0.3, 0.4) is 0 Å². The summed E-state index contributed by atoms with van der Waals surface area (Å²) in [5, 5.41) is 13.2. The molecule has 0 radical (unpaired) electrons. The van der Waals surface area contributed by atoms with Gasteiger partial charge in [0.25, 0.3) is 0 Å². The number of carboxylic acids is 1. The van der Waals surface area contributed by atoms with Gasteiger partial charge in [-0.3, -0.25) is 4.79 Å². The molecule has 4 nitrogen and oxygen atoms in total. The van der Waals surface area contributed by atoms with Gasteiger partial charge in [0, 0.05) is 0 Å². The number of hydrogen-bond donors (Lipinski definition) is 1. The van der Waals surface area contributed by atoms with Gasteiger partial charge in [0.05, 0.1) is 18.4 Å². The van der Waals surface area contributed by atoms with Gasteiger partial charge in [0.2, 0.25) is 5.91 Å². The molecule has 0 spiro atoms. The van der Waals surface area contributed by atoms with Gasteiger partial charge in [0.15, 0.2) is 0 Å². The van der Waals surface area contributed by atoms with Gasteiger partial charge in [-0.05, 0) is 12.0 Å². The average Bonchev–Trinajstić information content (AvgIpc) is 2.29. The van der Waals surface area contributed by atoms with E-state index in [1.165, 1.54) is 0 Å². The van der Waals surface area contributed by atoms with E-state index in [1.807, 2.05) is 37.3 Å². The molecule has 0 aliphatic heterocycles. The summed E-state index contributed by atoms with van der Waals surface area (Å²) in [4.78, 5) is 22.4. The van der Waals surface area contributed by atoms with Crippen LogP contribution in [0.25, 0.3) is 0 Å². The maximum absolute atomic E-state index is 11.6. The molecule has 0 saturated carbocycles. The van der Waals surface area contributed by atoms with Crippen molar-refractivity contribution in [1.82, 2.24) is 5.32 Å². The van der Waals surface area contributed by atoms with Crippen molar-refractivity contribution in [2.45, 2.75) is 32.2 Å². The van der Waals surface area contributed by atoms with Gasteiger partial charge in [0.1, 0.15) is 0 Å². The molecule has 1 aromatic rings. The Morgan fingerprint density at radius 3 is 2.39 bits per heavy atom. The second-order valence-electron chi connectivity index (χ2n) is 3.89. The molecule has 18 heavy (non-hydrogen) atoms. The van der Waals surface area contributed by atoms with Crippen LogP contribution in [0.15, 0.2) is 30.3 Å². The first-order valence-corrected chi connectivity index (χ1v) is 5.67. The van der Waals surface area contributed by atoms with Crippen LogP contribution in [0.4, 0.5) is 0 Å². The molecular weight excluding hydrogens is 241 g/mol. The minimum absolute atomic E-state index is 0. The zero-order chi connectivity index (χ0) is 12.7. The number of hydrogen-bond acceptors (Lipinski definition) is 3. The Hall–Kier alpha value is -0.840. The fourth-order valence-corrected chi connectivity index (χ4v) is 1.56. The molecule has 5 heteroatoms. The van der Waals surface area contributed by atoms with Crippen molar-refractivity contribution in [3.05, 3.63) is 35.9 Å². The second kappa shape index (κ2) is 9.14. The third kappa shape index (κ3) is 6.19. The fourth-order valence-electron chi connectivity index (χ4n) is 1.56. The van der Waals surface area contributed by atoms with Crippen molar-refractivity contribution in [3.8, 4) is 0 Å². The molecule has 0 bridgehead atoms. The molecule has 1 amide bonds. The second-order valence-corrected chi connectivity index (χ2v) is 3.89. The third-order valence-corrected chi connectivity index (χ3v) is 2.40. The molecule has 1 aromatic carbocycles. The summed E-state index contributed by atoms with van der Waals surface area (Å²) < 4.78 is 0. The van der Waals surface area contributed by atoms with E-state index in [2.05, 4.69) is 5.32 Å². The number of rotatable bonds is 6. The van der Waals surface area contributed by atoms with Crippen molar-refractivity contribution in [3.63, 3.8) is 0 Å². The van der Waals surface area contributed by atoms with E-state index in [-0.39, 0.29) is 41.9 Å². The van der Waals surface area contributed by atoms with Crippen LogP contribution in [0.5, 0.6) is 0 Å². The SMILES string of the molecule is CCCC(NC(=O)Cc1ccccc1)C(=O)[O-].[Na+]. The van der Waals surface area contributed by atoms with E-state index in [9.17, 15) is 14.7 Å². The van der Waals surface area contributed by atoms with Crippen LogP contribution < -0.4 is 40.0 Å². The van der Waals surface area contributed by atoms with Crippen molar-refractivity contribution in [1.29, 1.82) is 0 Å². The van der Waals surface area contributed by atoms with Crippen LogP contribution in [-0.4, -0.2) is 17.9 Å². The van der Waals surface area contributed by atoms with E-state index >= 15 is 0 Å². The number of carbonyl (C=O) groups excluding carboxylic acids is 2. The molecule has 0 aromatic heterocycles. The van der Waals surface area contributed by atoms with Crippen molar-refractivity contribution in [2.24, 2.45) is 0 Å². The molecule has 0 fully saturated rings. The molecule has 0 aliphatic carbocycles. The Morgan fingerprint density at radius 2 is 1.89 bits per heavy atom. The standard InChI is InChI=1S/C13H17NO3.Na/c1-2-6-11(13(16)17)14-12(15)9-10-7-4-3-5-8-10;/h3-5,7-8,11H,2,6,9H2,1H3,(H,14,15)(H,16,17);/q;+1/p-1. The summed E-state index contributed by atoms with van der Waals surface area (Å²) in [5.74, 6) is -1.52. The van der Waals surface area contributed by atoms with Crippen molar-refractivity contribution < 1.29 is 44.3 Å². The van der Waals surface area contributed by atoms with Gasteiger partial charge in [-0.25, -0.2) is 0 Å². The molecule has 0 saturated heterocycles. The Kier molecular flexibility index (Phi) is 8.71. The van der Waals surface area contributed by atoms with E-state index in [1.54, 1.807) is 0 Å². The van der Waals surface area contributed by atoms with Crippen molar-refractivity contribution >= 4 is 11.9 Å². The van der Waals surface area contributed by atoms with E-state index in [0.717, 1.165) is 5.56 Å². The predicted octanol–water partition coefficient (Wildman–Crippen LogP) is -2.73. The molecule has 1 N–H and O–H groups in total. The Balaban J connectivity index is 0.00000289. The first-order chi connectivity index (χ1) is 8.13. The Labute approximate surface area is 129 Å². The maximum atomic E-state index is 11.6. The number of nitrogens with one attached hydrogen (secondary N) is 1. The molecule has 1 unspecified atom stereocenters. The maximum Gasteiger partial charge on any atom is 1.00 e. The Morgan fingerprint density at radius 1 is 1.28 bits per heavy atom. The summed E-state index contributed by atoms with van der Waals surface area (Å²) in [5.41, 5.74) is 0.860. The predicted molar refractivity (Wildman–Crippen MR) is 62.0 cm³/mol. The minimum atomic E-state index is -1.23. The quantitative estimate of drug-likeness (QED) is 0.562. The Bertz CT molecular complexity index is 381. The van der Waals surface area contributed by atoms with E-state index in [4.69, 9.17) is 0 Å². The van der Waals surface area contributed by atoms with Gasteiger partial charge >= 0.3 is 29.6 Å². The number of aliphatic carboxylic acids is 1. The zero-order valence-electron chi connectivity index (χ0n) is 10.8. The summed E-state index contributed by atoms with van der Waals surface area (Å²) in [6.45, 7) is 1.86. The van der Waals surface area contributed by atoms with Crippen LogP contribution in [-0.2, 0) is 16.0 Å². The largest absolute Gasteiger partial charge is 1.00 e. The first kappa shape index (κ1) is 17.2. The van der Waals surface area contributed by atoms with Crippen LogP contribution in [0.1, 0.15) is 25.3 Å². The zero-order valence-corrected chi connectivity index (χ0v) is 12.8. The third-order valence-electron chi connectivity index (χ3n) is 2.40. The number of carboxylic acid groups (broad SMARTS) is 1. The van der Waals surface area contributed by atoms with Gasteiger partial charge in [-0.2, -0.15) is 0 Å². The minimum Gasteiger partial charge on any atom is -0.548 e. The summed E-state index contributed by atoms with van der Waals surface area (Å²) in [6.07, 6.45) is 1.27. The van der Waals surface area contributed by atoms with Gasteiger partial charge < -0.3 is 15.2 Å². The average molecular weight is 257 g/mol. The number of amides is 1. The van der Waals surface area contributed by atoms with Gasteiger partial charge in [-0.15, -0.1) is 0 Å². The van der Waals surface area contributed by atoms with Crippen LogP contribution in [0.2, 0.25) is 0 Å². The summed E-state index contributed by atoms with van der Waals surface area (Å²) >= 11 is 0. The van der Waals surface area contributed by atoms with E-state index < -0.39 is 12.0 Å². The molecule has 1 rings (SSSR count). The van der Waals surface area contributed by atoms with Gasteiger partial charge in [-0.1, -0.05) is 43.7 Å². The normalized spacial score (nSPS) is 11.2. The molecule has 1 atom stereocenters. The van der Waals surface area contributed by atoms with E-state index in [0.29, 0.717) is 12.8 Å². The summed E-state index contributed by atoms with van der Waals surface area (Å²) in [6, 6.07) is 8.30. The number of carbonyl (C=O) groups is 2. The molecule has 92 valence electrons. The van der Waals surface area contributed by atoms with Crippen LogP contribution in [0, 0.1) is 0 Å². The topological polar surface area (TPSA) is 69.2 Å². The smallest absolute Gasteiger partial charge is 0.548 e. The number of benzene rings is 1.